The third-order valence-corrected chi connectivity index (χ3v) is 5.11. The number of nitrogens with zero attached hydrogens (tertiary/aromatic N) is 1. The lowest BCUT2D eigenvalue weighted by Gasteiger charge is -2.17. The van der Waals surface area contributed by atoms with Crippen LogP contribution < -0.4 is 5.43 Å². The maximum atomic E-state index is 12.1. The van der Waals surface area contributed by atoms with Crippen molar-refractivity contribution in [2.45, 2.75) is 25.2 Å². The summed E-state index contributed by atoms with van der Waals surface area (Å²) >= 11 is 0. The van der Waals surface area contributed by atoms with Crippen LogP contribution in [0.4, 0.5) is 0 Å². The van der Waals surface area contributed by atoms with Crippen molar-refractivity contribution in [1.29, 1.82) is 0 Å². The van der Waals surface area contributed by atoms with Crippen LogP contribution in [0.15, 0.2) is 40.3 Å². The van der Waals surface area contributed by atoms with Gasteiger partial charge in [0.25, 0.3) is 0 Å². The van der Waals surface area contributed by atoms with E-state index in [4.69, 9.17) is 6.42 Å². The highest BCUT2D eigenvalue weighted by Crippen LogP contribution is 2.21. The molecule has 0 spiro atoms. The van der Waals surface area contributed by atoms with Gasteiger partial charge in [0, 0.05) is 12.3 Å². The van der Waals surface area contributed by atoms with E-state index in [1.807, 2.05) is 26.0 Å². The Bertz CT molecular complexity index is 830. The molecule has 0 aromatic heterocycles. The van der Waals surface area contributed by atoms with Crippen molar-refractivity contribution in [1.82, 2.24) is 5.43 Å². The van der Waals surface area contributed by atoms with Crippen LogP contribution in [0, 0.1) is 18.3 Å². The Morgan fingerprint density at radius 3 is 2.91 bits per heavy atom. The Morgan fingerprint density at radius 1 is 1.52 bits per heavy atom. The Kier molecular flexibility index (Phi) is 5.02. The van der Waals surface area contributed by atoms with Crippen LogP contribution in [-0.2, 0) is 14.6 Å². The standard InChI is InChI=1S/C17H18N2O3S/c1-4-8-23(21,22)15-7-5-6-14(11-15)12(2)9-16-13(3)10-17(20)19-18-16/h1,5-7,9,11,13H,8,10H2,2-3H3,(H,19,20). The molecular formula is C17H18N2O3S. The third-order valence-electron chi connectivity index (χ3n) is 3.59. The fourth-order valence-corrected chi connectivity index (χ4v) is 3.25. The first-order valence-corrected chi connectivity index (χ1v) is 8.80. The minimum atomic E-state index is -3.47. The van der Waals surface area contributed by atoms with Gasteiger partial charge in [-0.3, -0.25) is 4.79 Å². The monoisotopic (exact) mass is 330 g/mol. The molecule has 0 aliphatic carbocycles. The van der Waals surface area contributed by atoms with Crippen molar-refractivity contribution in [3.63, 3.8) is 0 Å². The van der Waals surface area contributed by atoms with Gasteiger partial charge in [0.2, 0.25) is 5.91 Å². The Labute approximate surface area is 136 Å². The zero-order valence-corrected chi connectivity index (χ0v) is 13.9. The number of carbonyl (C=O) groups is 1. The van der Waals surface area contributed by atoms with Crippen molar-refractivity contribution in [2.75, 3.05) is 5.75 Å². The average Bonchev–Trinajstić information content (AvgIpc) is 2.50. The molecule has 1 aromatic carbocycles. The van der Waals surface area contributed by atoms with Crippen LogP contribution in [0.3, 0.4) is 0 Å². The molecule has 0 saturated heterocycles. The summed E-state index contributed by atoms with van der Waals surface area (Å²) < 4.78 is 24.1. The van der Waals surface area contributed by atoms with Gasteiger partial charge in [-0.25, -0.2) is 13.8 Å². The van der Waals surface area contributed by atoms with Gasteiger partial charge in [-0.2, -0.15) is 5.10 Å². The number of amides is 1. The summed E-state index contributed by atoms with van der Waals surface area (Å²) in [6.45, 7) is 3.80. The Hall–Kier alpha value is -2.39. The molecule has 1 atom stereocenters. The van der Waals surface area contributed by atoms with E-state index in [1.54, 1.807) is 12.1 Å². The highest BCUT2D eigenvalue weighted by molar-refractivity contribution is 7.91. The number of benzene rings is 1. The largest absolute Gasteiger partial charge is 0.273 e. The molecule has 1 heterocycles. The predicted molar refractivity (Wildman–Crippen MR) is 90.3 cm³/mol. The maximum absolute atomic E-state index is 12.1. The second kappa shape index (κ2) is 6.80. The maximum Gasteiger partial charge on any atom is 0.240 e. The van der Waals surface area contributed by atoms with Gasteiger partial charge in [-0.1, -0.05) is 25.0 Å². The predicted octanol–water partition coefficient (Wildman–Crippen LogP) is 2.01. The molecule has 2 rings (SSSR count). The summed E-state index contributed by atoms with van der Waals surface area (Å²) in [7, 11) is -3.47. The van der Waals surface area contributed by atoms with Crippen LogP contribution in [-0.4, -0.2) is 25.8 Å². The van der Waals surface area contributed by atoms with Crippen molar-refractivity contribution in [2.24, 2.45) is 11.0 Å². The molecule has 0 saturated carbocycles. The lowest BCUT2D eigenvalue weighted by Crippen LogP contribution is -2.30. The SMILES string of the molecule is C#CCS(=O)(=O)c1cccc(C(C)=CC2=NNC(=O)CC2C)c1. The summed E-state index contributed by atoms with van der Waals surface area (Å²) in [5.41, 5.74) is 4.86. The van der Waals surface area contributed by atoms with Gasteiger partial charge in [-0.05, 0) is 36.3 Å². The number of nitrogens with one attached hydrogen (secondary N) is 1. The zero-order valence-electron chi connectivity index (χ0n) is 13.0. The number of allylic oxidation sites excluding steroid dienone is 2. The fourth-order valence-electron chi connectivity index (χ4n) is 2.27. The second-order valence-corrected chi connectivity index (χ2v) is 7.48. The van der Waals surface area contributed by atoms with Crippen molar-refractivity contribution in [3.8, 4) is 12.3 Å². The third kappa shape index (κ3) is 4.08. The normalized spacial score (nSPS) is 18.8. The van der Waals surface area contributed by atoms with E-state index in [1.165, 1.54) is 6.07 Å². The molecule has 1 amide bonds. The van der Waals surface area contributed by atoms with E-state index in [-0.39, 0.29) is 22.5 Å². The highest BCUT2D eigenvalue weighted by atomic mass is 32.2. The number of hydrazone groups is 1. The van der Waals surface area contributed by atoms with Crippen LogP contribution >= 0.6 is 0 Å². The van der Waals surface area contributed by atoms with Gasteiger partial charge in [0.05, 0.1) is 10.6 Å². The molecule has 0 radical (unpaired) electrons. The van der Waals surface area contributed by atoms with Crippen molar-refractivity contribution >= 4 is 27.0 Å². The lowest BCUT2D eigenvalue weighted by atomic mass is 9.96. The summed E-state index contributed by atoms with van der Waals surface area (Å²) in [4.78, 5) is 11.5. The molecule has 0 bridgehead atoms. The zero-order chi connectivity index (χ0) is 17.0. The van der Waals surface area contributed by atoms with E-state index in [0.29, 0.717) is 6.42 Å². The van der Waals surface area contributed by atoms with Crippen LogP contribution in [0.25, 0.3) is 5.57 Å². The van der Waals surface area contributed by atoms with E-state index < -0.39 is 9.84 Å². The summed E-state index contributed by atoms with van der Waals surface area (Å²) in [6.07, 6.45) is 7.36. The van der Waals surface area contributed by atoms with Gasteiger partial charge in [0.15, 0.2) is 9.84 Å². The number of hydrogen-bond acceptors (Lipinski definition) is 4. The minimum absolute atomic E-state index is 0.0204. The number of sulfone groups is 1. The molecule has 1 aliphatic rings. The molecule has 23 heavy (non-hydrogen) atoms. The summed E-state index contributed by atoms with van der Waals surface area (Å²) in [5.74, 6) is 1.76. The molecule has 1 aliphatic heterocycles. The molecule has 1 unspecified atom stereocenters. The van der Waals surface area contributed by atoms with Gasteiger partial charge in [0.1, 0.15) is 5.75 Å². The lowest BCUT2D eigenvalue weighted by molar-refractivity contribution is -0.121. The molecule has 6 heteroatoms. The van der Waals surface area contributed by atoms with E-state index in [9.17, 15) is 13.2 Å². The van der Waals surface area contributed by atoms with Gasteiger partial charge < -0.3 is 0 Å². The first kappa shape index (κ1) is 17.0. The molecule has 0 fully saturated rings. The molecule has 5 nitrogen and oxygen atoms in total. The first-order valence-electron chi connectivity index (χ1n) is 7.15. The quantitative estimate of drug-likeness (QED) is 0.858. The fraction of sp³-hybridized carbons (Fsp3) is 0.294. The average molecular weight is 330 g/mol. The Balaban J connectivity index is 2.34. The smallest absolute Gasteiger partial charge is 0.240 e. The van der Waals surface area contributed by atoms with Crippen molar-refractivity contribution < 1.29 is 13.2 Å². The number of rotatable bonds is 4. The van der Waals surface area contributed by atoms with Gasteiger partial charge in [-0.15, -0.1) is 6.42 Å². The minimum Gasteiger partial charge on any atom is -0.273 e. The van der Waals surface area contributed by atoms with E-state index >= 15 is 0 Å². The van der Waals surface area contributed by atoms with Crippen molar-refractivity contribution in [3.05, 3.63) is 35.9 Å². The first-order chi connectivity index (χ1) is 10.8. The van der Waals surface area contributed by atoms with E-state index in [2.05, 4.69) is 16.4 Å². The number of hydrogen-bond donors (Lipinski definition) is 1. The number of terminal acetylenes is 1. The molecule has 120 valence electrons. The highest BCUT2D eigenvalue weighted by Gasteiger charge is 2.19. The Morgan fingerprint density at radius 2 is 2.26 bits per heavy atom. The number of carbonyl (C=O) groups excluding carboxylic acids is 1. The molecule has 1 N–H and O–H groups in total. The second-order valence-electron chi connectivity index (χ2n) is 5.50. The van der Waals surface area contributed by atoms with Gasteiger partial charge >= 0.3 is 0 Å². The summed E-state index contributed by atoms with van der Waals surface area (Å²) in [5, 5.41) is 4.05. The summed E-state index contributed by atoms with van der Waals surface area (Å²) in [6, 6.07) is 6.65. The molecular weight excluding hydrogens is 312 g/mol. The topological polar surface area (TPSA) is 75.6 Å². The van der Waals surface area contributed by atoms with E-state index in [0.717, 1.165) is 16.8 Å². The molecule has 1 aromatic rings. The van der Waals surface area contributed by atoms with Crippen LogP contribution in [0.5, 0.6) is 0 Å². The van der Waals surface area contributed by atoms with Crippen LogP contribution in [0.1, 0.15) is 25.8 Å². The van der Waals surface area contributed by atoms with Crippen LogP contribution in [0.2, 0.25) is 0 Å².